The lowest BCUT2D eigenvalue weighted by atomic mass is 9.98. The summed E-state index contributed by atoms with van der Waals surface area (Å²) in [5, 5.41) is 9.16. The molecule has 0 amide bonds. The second kappa shape index (κ2) is 5.31. The largest absolute Gasteiger partial charge is 0.492 e. The van der Waals surface area contributed by atoms with Gasteiger partial charge in [-0.2, -0.15) is 0 Å². The molecule has 1 aliphatic rings. The van der Waals surface area contributed by atoms with E-state index >= 15 is 0 Å². The van der Waals surface area contributed by atoms with Gasteiger partial charge in [-0.3, -0.25) is 4.79 Å². The van der Waals surface area contributed by atoms with Gasteiger partial charge >= 0.3 is 5.97 Å². The van der Waals surface area contributed by atoms with Crippen LogP contribution in [-0.2, 0) is 4.79 Å². The normalized spacial score (nSPS) is 16.4. The van der Waals surface area contributed by atoms with Crippen molar-refractivity contribution in [2.24, 2.45) is 5.92 Å². The fraction of sp³-hybridized carbons (Fsp3) is 0.500. The molecule has 0 aliphatic heterocycles. The molecule has 1 aromatic carbocycles. The van der Waals surface area contributed by atoms with Gasteiger partial charge in [0.05, 0.1) is 17.0 Å². The summed E-state index contributed by atoms with van der Waals surface area (Å²) in [6, 6.07) is 3.85. The van der Waals surface area contributed by atoms with Crippen LogP contribution in [-0.4, -0.2) is 17.7 Å². The van der Waals surface area contributed by atoms with Gasteiger partial charge in [0.1, 0.15) is 5.75 Å². The molecular formula is C14H17BrO3. The van der Waals surface area contributed by atoms with Crippen molar-refractivity contribution in [2.75, 3.05) is 6.61 Å². The molecule has 0 bridgehead atoms. The van der Waals surface area contributed by atoms with Crippen LogP contribution in [0.3, 0.4) is 0 Å². The maximum atomic E-state index is 11.2. The average molecular weight is 313 g/mol. The molecule has 1 N–H and O–H groups in total. The van der Waals surface area contributed by atoms with Gasteiger partial charge < -0.3 is 9.84 Å². The lowest BCUT2D eigenvalue weighted by molar-refractivity contribution is -0.138. The first-order valence-corrected chi connectivity index (χ1v) is 6.94. The predicted molar refractivity (Wildman–Crippen MR) is 73.1 cm³/mol. The van der Waals surface area contributed by atoms with Crippen LogP contribution in [0.2, 0.25) is 0 Å². The predicted octanol–water partition coefficient (Wildman–Crippen LogP) is 3.73. The molecule has 0 saturated heterocycles. The van der Waals surface area contributed by atoms with E-state index in [0.29, 0.717) is 18.3 Å². The van der Waals surface area contributed by atoms with Crippen molar-refractivity contribution in [3.63, 3.8) is 0 Å². The Kier molecular flexibility index (Phi) is 3.95. The Morgan fingerprint density at radius 2 is 2.22 bits per heavy atom. The second-order valence-electron chi connectivity index (χ2n) is 4.98. The number of carboxylic acid groups (broad SMARTS) is 1. The van der Waals surface area contributed by atoms with Gasteiger partial charge in [0.25, 0.3) is 0 Å². The minimum absolute atomic E-state index is 0.560. The number of carboxylic acids is 1. The third kappa shape index (κ3) is 3.05. The first kappa shape index (κ1) is 13.4. The molecule has 2 rings (SSSR count). The molecule has 1 aromatic rings. The van der Waals surface area contributed by atoms with Crippen LogP contribution < -0.4 is 4.74 Å². The Hall–Kier alpha value is -1.03. The van der Waals surface area contributed by atoms with E-state index in [9.17, 15) is 4.79 Å². The molecule has 98 valence electrons. The van der Waals surface area contributed by atoms with Gasteiger partial charge in [-0.25, -0.2) is 0 Å². The van der Waals surface area contributed by atoms with E-state index in [4.69, 9.17) is 9.84 Å². The number of aryl methyl sites for hydroxylation is 1. The molecular weight excluding hydrogens is 296 g/mol. The molecule has 18 heavy (non-hydrogen) atoms. The molecule has 1 unspecified atom stereocenters. The Morgan fingerprint density at radius 3 is 2.78 bits per heavy atom. The molecule has 0 heterocycles. The van der Waals surface area contributed by atoms with Crippen molar-refractivity contribution in [1.82, 2.24) is 0 Å². The number of benzene rings is 1. The monoisotopic (exact) mass is 312 g/mol. The zero-order chi connectivity index (χ0) is 13.3. The quantitative estimate of drug-likeness (QED) is 0.901. The van der Waals surface area contributed by atoms with Gasteiger partial charge in [0, 0.05) is 5.56 Å². The Bertz CT molecular complexity index is 466. The third-order valence-electron chi connectivity index (χ3n) is 3.21. The number of rotatable bonds is 5. The number of aliphatic carboxylic acids is 1. The van der Waals surface area contributed by atoms with E-state index in [2.05, 4.69) is 15.9 Å². The van der Waals surface area contributed by atoms with E-state index in [1.165, 1.54) is 12.8 Å². The topological polar surface area (TPSA) is 46.5 Å². The smallest absolute Gasteiger partial charge is 0.310 e. The first-order valence-electron chi connectivity index (χ1n) is 6.14. The summed E-state index contributed by atoms with van der Waals surface area (Å²) < 4.78 is 6.65. The molecule has 4 heteroatoms. The number of hydrogen-bond acceptors (Lipinski definition) is 2. The molecule has 0 aromatic heterocycles. The SMILES string of the molecule is Cc1cc(Br)c(OCC2CC2)c(C(C)C(=O)O)c1. The fourth-order valence-corrected chi connectivity index (χ4v) is 2.55. The van der Waals surface area contributed by atoms with Crippen molar-refractivity contribution >= 4 is 21.9 Å². The summed E-state index contributed by atoms with van der Waals surface area (Å²) in [6.07, 6.45) is 2.43. The van der Waals surface area contributed by atoms with Gasteiger partial charge in [-0.15, -0.1) is 0 Å². The van der Waals surface area contributed by atoms with Crippen LogP contribution >= 0.6 is 15.9 Å². The molecule has 1 atom stereocenters. The van der Waals surface area contributed by atoms with Crippen molar-refractivity contribution < 1.29 is 14.6 Å². The fourth-order valence-electron chi connectivity index (χ4n) is 1.85. The van der Waals surface area contributed by atoms with Crippen LogP contribution in [0.5, 0.6) is 5.75 Å². The number of halogens is 1. The van der Waals surface area contributed by atoms with Crippen LogP contribution in [0, 0.1) is 12.8 Å². The van der Waals surface area contributed by atoms with Crippen molar-refractivity contribution in [3.8, 4) is 5.75 Å². The Labute approximate surface area is 115 Å². The number of ether oxygens (including phenoxy) is 1. The van der Waals surface area contributed by atoms with E-state index in [1.807, 2.05) is 19.1 Å². The zero-order valence-corrected chi connectivity index (χ0v) is 12.2. The highest BCUT2D eigenvalue weighted by Crippen LogP contribution is 2.37. The minimum atomic E-state index is -0.830. The van der Waals surface area contributed by atoms with Crippen molar-refractivity contribution in [1.29, 1.82) is 0 Å². The molecule has 1 fully saturated rings. The second-order valence-corrected chi connectivity index (χ2v) is 5.83. The lowest BCUT2D eigenvalue weighted by Crippen LogP contribution is -2.11. The Morgan fingerprint density at radius 1 is 1.56 bits per heavy atom. The molecule has 1 saturated carbocycles. The van der Waals surface area contributed by atoms with Crippen molar-refractivity contribution in [3.05, 3.63) is 27.7 Å². The summed E-state index contributed by atoms with van der Waals surface area (Å²) in [4.78, 5) is 11.2. The molecule has 1 aliphatic carbocycles. The van der Waals surface area contributed by atoms with Gasteiger partial charge in [0.2, 0.25) is 0 Å². The summed E-state index contributed by atoms with van der Waals surface area (Å²) in [5.74, 6) is -0.0623. The average Bonchev–Trinajstić information content (AvgIpc) is 3.09. The molecule has 0 radical (unpaired) electrons. The lowest BCUT2D eigenvalue weighted by Gasteiger charge is -2.17. The maximum Gasteiger partial charge on any atom is 0.310 e. The van der Waals surface area contributed by atoms with E-state index in [-0.39, 0.29) is 0 Å². The Balaban J connectivity index is 2.30. The summed E-state index contributed by atoms with van der Waals surface area (Å²) in [5.41, 5.74) is 1.78. The van der Waals surface area contributed by atoms with Gasteiger partial charge in [0.15, 0.2) is 0 Å². The van der Waals surface area contributed by atoms with Gasteiger partial charge in [-0.1, -0.05) is 6.07 Å². The summed E-state index contributed by atoms with van der Waals surface area (Å²) in [6.45, 7) is 4.32. The van der Waals surface area contributed by atoms with Crippen LogP contribution in [0.1, 0.15) is 36.8 Å². The molecule has 0 spiro atoms. The van der Waals surface area contributed by atoms with Crippen LogP contribution in [0.4, 0.5) is 0 Å². The zero-order valence-electron chi connectivity index (χ0n) is 10.6. The van der Waals surface area contributed by atoms with Crippen LogP contribution in [0.15, 0.2) is 16.6 Å². The third-order valence-corrected chi connectivity index (χ3v) is 3.80. The van der Waals surface area contributed by atoms with E-state index in [1.54, 1.807) is 6.92 Å². The van der Waals surface area contributed by atoms with Crippen molar-refractivity contribution in [2.45, 2.75) is 32.6 Å². The first-order chi connectivity index (χ1) is 8.49. The number of carbonyl (C=O) groups is 1. The van der Waals surface area contributed by atoms with E-state index < -0.39 is 11.9 Å². The highest BCUT2D eigenvalue weighted by atomic mass is 79.9. The molecule has 3 nitrogen and oxygen atoms in total. The van der Waals surface area contributed by atoms with Gasteiger partial charge in [-0.05, 0) is 60.2 Å². The highest BCUT2D eigenvalue weighted by molar-refractivity contribution is 9.10. The number of hydrogen-bond donors (Lipinski definition) is 1. The standard InChI is InChI=1S/C14H17BrO3/c1-8-5-11(9(2)14(16)17)13(12(15)6-8)18-7-10-3-4-10/h5-6,9-10H,3-4,7H2,1-2H3,(H,16,17). The highest BCUT2D eigenvalue weighted by Gasteiger charge is 2.25. The van der Waals surface area contributed by atoms with Crippen LogP contribution in [0.25, 0.3) is 0 Å². The van der Waals surface area contributed by atoms with E-state index in [0.717, 1.165) is 15.6 Å². The summed E-state index contributed by atoms with van der Waals surface area (Å²) >= 11 is 3.47. The summed E-state index contributed by atoms with van der Waals surface area (Å²) in [7, 11) is 0. The minimum Gasteiger partial charge on any atom is -0.492 e. The maximum absolute atomic E-state index is 11.2.